The maximum Gasteiger partial charge on any atom is 0.433 e. The van der Waals surface area contributed by atoms with E-state index in [0.717, 1.165) is 32.4 Å². The summed E-state index contributed by atoms with van der Waals surface area (Å²) in [6.45, 7) is 2.45. The summed E-state index contributed by atoms with van der Waals surface area (Å²) in [6.07, 6.45) is -0.232. The molecule has 2 saturated heterocycles. The van der Waals surface area contributed by atoms with Gasteiger partial charge in [-0.3, -0.25) is 18.7 Å². The molecule has 2 fully saturated rings. The summed E-state index contributed by atoms with van der Waals surface area (Å²) in [5.74, 6) is -0.136. The van der Waals surface area contributed by atoms with Gasteiger partial charge in [-0.05, 0) is 38.3 Å². The largest absolute Gasteiger partial charge is 0.493 e. The van der Waals surface area contributed by atoms with E-state index in [0.29, 0.717) is 40.2 Å². The average Bonchev–Trinajstić information content (AvgIpc) is 3.66. The van der Waals surface area contributed by atoms with Crippen molar-refractivity contribution < 1.29 is 27.5 Å². The van der Waals surface area contributed by atoms with E-state index in [1.165, 1.54) is 18.3 Å². The van der Waals surface area contributed by atoms with Crippen LogP contribution in [-0.2, 0) is 18.0 Å². The quantitative estimate of drug-likeness (QED) is 0.279. The molecule has 16 heteroatoms. The third kappa shape index (κ3) is 5.19. The lowest BCUT2D eigenvalue weighted by molar-refractivity contribution is -0.143. The predicted molar refractivity (Wildman–Crippen MR) is 157 cm³/mol. The van der Waals surface area contributed by atoms with Gasteiger partial charge in [0, 0.05) is 43.6 Å². The first-order valence-corrected chi connectivity index (χ1v) is 14.6. The fourth-order valence-corrected chi connectivity index (χ4v) is 6.50. The van der Waals surface area contributed by atoms with Crippen molar-refractivity contribution in [3.8, 4) is 17.0 Å². The predicted octanol–water partition coefficient (Wildman–Crippen LogP) is 5.56. The SMILES string of the molecule is CCOc1cc(C(=O)Nc2cc(C(F)(F)F)n(C)n2)c(Cl)cc1-c1nc([C@@H]2CC[C@H]3CCC(=O)N3C2)n2c(Cl)cnc(N)c12. The van der Waals surface area contributed by atoms with E-state index in [-0.39, 0.29) is 57.6 Å². The van der Waals surface area contributed by atoms with Crippen molar-refractivity contribution in [1.82, 2.24) is 29.0 Å². The van der Waals surface area contributed by atoms with E-state index in [2.05, 4.69) is 15.4 Å². The number of aromatic nitrogens is 5. The van der Waals surface area contributed by atoms with Gasteiger partial charge >= 0.3 is 6.18 Å². The number of fused-ring (bicyclic) bond motifs is 2. The van der Waals surface area contributed by atoms with Crippen molar-refractivity contribution in [3.05, 3.63) is 51.7 Å². The number of amides is 2. The molecule has 44 heavy (non-hydrogen) atoms. The topological polar surface area (TPSA) is 133 Å². The molecule has 0 radical (unpaired) electrons. The second-order valence-corrected chi connectivity index (χ2v) is 11.5. The summed E-state index contributed by atoms with van der Waals surface area (Å²) in [6, 6.07) is 3.82. The third-order valence-electron chi connectivity index (χ3n) is 8.03. The van der Waals surface area contributed by atoms with Crippen LogP contribution in [0.4, 0.5) is 24.8 Å². The number of carbonyl (C=O) groups is 2. The number of ether oxygens (including phenoxy) is 1. The van der Waals surface area contributed by atoms with Crippen LogP contribution in [-0.4, -0.2) is 60.1 Å². The normalized spacial score (nSPS) is 18.6. The highest BCUT2D eigenvalue weighted by molar-refractivity contribution is 6.35. The summed E-state index contributed by atoms with van der Waals surface area (Å²) in [7, 11) is 1.12. The van der Waals surface area contributed by atoms with Crippen molar-refractivity contribution in [3.63, 3.8) is 0 Å². The maximum atomic E-state index is 13.2. The van der Waals surface area contributed by atoms with Crippen LogP contribution in [0.3, 0.4) is 0 Å². The molecule has 6 rings (SSSR count). The molecular formula is C28H27Cl2F3N8O3. The van der Waals surface area contributed by atoms with Gasteiger partial charge in [0.05, 0.1) is 23.4 Å². The molecule has 4 aromatic rings. The van der Waals surface area contributed by atoms with Crippen molar-refractivity contribution in [2.24, 2.45) is 7.05 Å². The highest BCUT2D eigenvalue weighted by atomic mass is 35.5. The number of hydrogen-bond acceptors (Lipinski definition) is 7. The summed E-state index contributed by atoms with van der Waals surface area (Å²) in [5.41, 5.74) is 6.44. The summed E-state index contributed by atoms with van der Waals surface area (Å²) >= 11 is 13.2. The fourth-order valence-electron chi connectivity index (χ4n) is 6.04. The molecule has 2 aliphatic rings. The van der Waals surface area contributed by atoms with Crippen LogP contribution in [0.15, 0.2) is 24.4 Å². The number of anilines is 2. The number of rotatable bonds is 6. The van der Waals surface area contributed by atoms with Gasteiger partial charge in [0.1, 0.15) is 39.4 Å². The van der Waals surface area contributed by atoms with Gasteiger partial charge in [0.25, 0.3) is 5.91 Å². The minimum absolute atomic E-state index is 0.0210. The average molecular weight is 651 g/mol. The molecule has 0 spiro atoms. The first-order valence-electron chi connectivity index (χ1n) is 13.9. The smallest absolute Gasteiger partial charge is 0.433 e. The number of piperidine rings is 1. The fraction of sp³-hybridized carbons (Fsp3) is 0.393. The molecule has 3 N–H and O–H groups in total. The summed E-state index contributed by atoms with van der Waals surface area (Å²) in [5, 5.41) is 6.35. The number of halogens is 5. The molecule has 2 amide bonds. The standard InChI is InChI=1S/C28H27Cl2F3N8O3/c1-3-44-18-9-15(27(43)36-21-10-19(28(31,32)33)39(2)38-21)17(29)8-16(18)23-24-25(34)35-11-20(30)41(24)26(37-23)13-4-5-14-6-7-22(42)40(14)12-13/h8-11,13-14H,3-7,12H2,1-2H3,(H2,34,35)(H,36,38,43)/t13-,14+/m1/s1. The number of alkyl halides is 3. The van der Waals surface area contributed by atoms with Gasteiger partial charge in [0.15, 0.2) is 5.82 Å². The lowest BCUT2D eigenvalue weighted by Crippen LogP contribution is -2.41. The maximum absolute atomic E-state index is 13.2. The molecule has 1 aromatic carbocycles. The van der Waals surface area contributed by atoms with Crippen molar-refractivity contribution in [2.75, 3.05) is 24.2 Å². The molecule has 0 unspecified atom stereocenters. The van der Waals surface area contributed by atoms with Crippen LogP contribution in [0.1, 0.15) is 60.4 Å². The summed E-state index contributed by atoms with van der Waals surface area (Å²) < 4.78 is 47.9. The Hall–Kier alpha value is -4.04. The number of nitrogen functional groups attached to an aromatic ring is 1. The first kappa shape index (κ1) is 30.0. The van der Waals surface area contributed by atoms with E-state index in [9.17, 15) is 22.8 Å². The lowest BCUT2D eigenvalue weighted by atomic mass is 9.92. The van der Waals surface area contributed by atoms with Gasteiger partial charge in [-0.15, -0.1) is 0 Å². The Morgan fingerprint density at radius 2 is 1.98 bits per heavy atom. The van der Waals surface area contributed by atoms with Crippen LogP contribution in [0.25, 0.3) is 16.8 Å². The number of nitrogens with zero attached hydrogens (tertiary/aromatic N) is 6. The second kappa shape index (κ2) is 11.1. The third-order valence-corrected chi connectivity index (χ3v) is 8.61. The van der Waals surface area contributed by atoms with Crippen LogP contribution >= 0.6 is 23.2 Å². The van der Waals surface area contributed by atoms with Gasteiger partial charge in [-0.1, -0.05) is 23.2 Å². The molecule has 0 aliphatic carbocycles. The Morgan fingerprint density at radius 1 is 1.20 bits per heavy atom. The molecule has 3 aromatic heterocycles. The van der Waals surface area contributed by atoms with Crippen molar-refractivity contribution in [1.29, 1.82) is 0 Å². The Balaban J connectivity index is 1.42. The molecular weight excluding hydrogens is 624 g/mol. The monoisotopic (exact) mass is 650 g/mol. The lowest BCUT2D eigenvalue weighted by Gasteiger charge is -2.34. The van der Waals surface area contributed by atoms with E-state index in [4.69, 9.17) is 38.7 Å². The number of imidazole rings is 1. The second-order valence-electron chi connectivity index (χ2n) is 10.7. The highest BCUT2D eigenvalue weighted by Crippen LogP contribution is 2.43. The molecule has 232 valence electrons. The van der Waals surface area contributed by atoms with E-state index < -0.39 is 17.8 Å². The van der Waals surface area contributed by atoms with Gasteiger partial charge in [-0.2, -0.15) is 18.3 Å². The summed E-state index contributed by atoms with van der Waals surface area (Å²) in [4.78, 5) is 36.8. The van der Waals surface area contributed by atoms with Gasteiger partial charge in [0.2, 0.25) is 5.91 Å². The zero-order valence-electron chi connectivity index (χ0n) is 23.6. The van der Waals surface area contributed by atoms with Crippen molar-refractivity contribution in [2.45, 2.75) is 50.7 Å². The number of benzene rings is 1. The Labute approximate surface area is 259 Å². The molecule has 0 saturated carbocycles. The van der Waals surface area contributed by atoms with Crippen LogP contribution in [0, 0.1) is 0 Å². The van der Waals surface area contributed by atoms with E-state index in [1.807, 2.05) is 4.90 Å². The van der Waals surface area contributed by atoms with Crippen molar-refractivity contribution >= 4 is 52.2 Å². The van der Waals surface area contributed by atoms with Crippen LogP contribution < -0.4 is 15.8 Å². The molecule has 5 heterocycles. The van der Waals surface area contributed by atoms with Gasteiger partial charge in [-0.25, -0.2) is 9.97 Å². The van der Waals surface area contributed by atoms with E-state index >= 15 is 0 Å². The van der Waals surface area contributed by atoms with Crippen LogP contribution in [0.5, 0.6) is 5.75 Å². The number of aryl methyl sites for hydroxylation is 1. The number of hydrogen-bond donors (Lipinski definition) is 2. The Kier molecular flexibility index (Phi) is 7.60. The zero-order valence-corrected chi connectivity index (χ0v) is 25.1. The minimum Gasteiger partial charge on any atom is -0.493 e. The number of nitrogens with one attached hydrogen (secondary N) is 1. The van der Waals surface area contributed by atoms with Gasteiger partial charge < -0.3 is 20.7 Å². The molecule has 0 bridgehead atoms. The number of nitrogens with two attached hydrogens (primary N) is 1. The Morgan fingerprint density at radius 3 is 2.68 bits per heavy atom. The minimum atomic E-state index is -4.65. The van der Waals surface area contributed by atoms with E-state index in [1.54, 1.807) is 11.3 Å². The van der Waals surface area contributed by atoms with Crippen LogP contribution in [0.2, 0.25) is 10.2 Å². The molecule has 11 nitrogen and oxygen atoms in total. The molecule has 2 atom stereocenters. The Bertz CT molecular complexity index is 1800. The number of carbonyl (C=O) groups excluding carboxylic acids is 2. The molecule has 2 aliphatic heterocycles. The highest BCUT2D eigenvalue weighted by Gasteiger charge is 2.39. The zero-order chi connectivity index (χ0) is 31.5. The first-order chi connectivity index (χ1) is 20.9.